The molecule has 2 N–H and O–H groups in total. The molecule has 0 unspecified atom stereocenters. The molecule has 25 heavy (non-hydrogen) atoms. The Morgan fingerprint density at radius 1 is 1.16 bits per heavy atom. The summed E-state index contributed by atoms with van der Waals surface area (Å²) < 4.78 is 0. The molecule has 7 heteroatoms. The number of benzene rings is 1. The molecule has 1 aliphatic rings. The summed E-state index contributed by atoms with van der Waals surface area (Å²) in [5, 5.41) is 5.20. The lowest BCUT2D eigenvalue weighted by Gasteiger charge is -2.40. The van der Waals surface area contributed by atoms with Gasteiger partial charge in [0.25, 0.3) is 0 Å². The van der Waals surface area contributed by atoms with Gasteiger partial charge in [0.15, 0.2) is 0 Å². The Kier molecular flexibility index (Phi) is 6.94. The predicted octanol–water partition coefficient (Wildman–Crippen LogP) is -0.376. The number of rotatable bonds is 6. The Morgan fingerprint density at radius 2 is 1.88 bits per heavy atom. The molecule has 0 aromatic heterocycles. The second-order valence-corrected chi connectivity index (χ2v) is 6.15. The fourth-order valence-electron chi connectivity index (χ4n) is 2.96. The Hall–Kier alpha value is -2.41. The first-order chi connectivity index (χ1) is 12.0. The van der Waals surface area contributed by atoms with Gasteiger partial charge in [-0.2, -0.15) is 0 Å². The van der Waals surface area contributed by atoms with E-state index in [1.807, 2.05) is 18.2 Å². The maximum absolute atomic E-state index is 12.3. The van der Waals surface area contributed by atoms with Gasteiger partial charge < -0.3 is 15.5 Å². The van der Waals surface area contributed by atoms with E-state index in [4.69, 9.17) is 0 Å². The molecule has 1 aromatic carbocycles. The van der Waals surface area contributed by atoms with E-state index in [0.29, 0.717) is 19.6 Å². The van der Waals surface area contributed by atoms with E-state index < -0.39 is 0 Å². The molecule has 1 atom stereocenters. The minimum atomic E-state index is -0.372. The standard InChI is InChI=1S/C18H26N4O3/c1-14(23)20-12-17(24)22-11-10-21(16(13-22)18(25)19-2)9-8-15-6-4-3-5-7-15/h3-7,16H,8-13H2,1-2H3,(H,19,25)(H,20,23)/t16-/m1/s1. The summed E-state index contributed by atoms with van der Waals surface area (Å²) in [7, 11) is 1.61. The van der Waals surface area contributed by atoms with Gasteiger partial charge in [-0.1, -0.05) is 30.3 Å². The van der Waals surface area contributed by atoms with Crippen molar-refractivity contribution in [3.8, 4) is 0 Å². The van der Waals surface area contributed by atoms with Crippen molar-refractivity contribution >= 4 is 17.7 Å². The second kappa shape index (κ2) is 9.17. The van der Waals surface area contributed by atoms with Crippen LogP contribution in [0, 0.1) is 0 Å². The maximum Gasteiger partial charge on any atom is 0.242 e. The van der Waals surface area contributed by atoms with E-state index in [1.54, 1.807) is 11.9 Å². The number of piperazine rings is 1. The summed E-state index contributed by atoms with van der Waals surface area (Å²) in [6.45, 7) is 3.64. The molecule has 0 saturated carbocycles. The van der Waals surface area contributed by atoms with Gasteiger partial charge in [0.05, 0.1) is 6.54 Å². The lowest BCUT2D eigenvalue weighted by atomic mass is 10.1. The molecule has 0 radical (unpaired) electrons. The van der Waals surface area contributed by atoms with Crippen LogP contribution in [0.25, 0.3) is 0 Å². The Labute approximate surface area is 148 Å². The van der Waals surface area contributed by atoms with Crippen LogP contribution >= 0.6 is 0 Å². The van der Waals surface area contributed by atoms with Gasteiger partial charge in [-0.05, 0) is 12.0 Å². The first kappa shape index (κ1) is 18.9. The molecule has 1 heterocycles. The summed E-state index contributed by atoms with van der Waals surface area (Å²) in [5.41, 5.74) is 1.22. The topological polar surface area (TPSA) is 81.8 Å². The number of amides is 3. The van der Waals surface area contributed by atoms with Crippen LogP contribution in [0.15, 0.2) is 30.3 Å². The van der Waals surface area contributed by atoms with E-state index in [2.05, 4.69) is 27.7 Å². The van der Waals surface area contributed by atoms with Crippen molar-refractivity contribution in [1.82, 2.24) is 20.4 Å². The van der Waals surface area contributed by atoms with E-state index in [1.165, 1.54) is 12.5 Å². The molecule has 136 valence electrons. The van der Waals surface area contributed by atoms with Crippen LogP contribution in [-0.2, 0) is 20.8 Å². The quantitative estimate of drug-likeness (QED) is 0.736. The third-order valence-electron chi connectivity index (χ3n) is 4.41. The van der Waals surface area contributed by atoms with Crippen LogP contribution in [0.4, 0.5) is 0 Å². The highest BCUT2D eigenvalue weighted by atomic mass is 16.2. The molecule has 0 aliphatic carbocycles. The predicted molar refractivity (Wildman–Crippen MR) is 94.8 cm³/mol. The van der Waals surface area contributed by atoms with Crippen molar-refractivity contribution in [2.24, 2.45) is 0 Å². The number of likely N-dealkylation sites (N-methyl/N-ethyl adjacent to an activating group) is 1. The van der Waals surface area contributed by atoms with Gasteiger partial charge in [0, 0.05) is 40.2 Å². The summed E-state index contributed by atoms with van der Waals surface area (Å²) >= 11 is 0. The van der Waals surface area contributed by atoms with Crippen LogP contribution in [0.1, 0.15) is 12.5 Å². The van der Waals surface area contributed by atoms with Crippen molar-refractivity contribution in [2.45, 2.75) is 19.4 Å². The number of hydrogen-bond donors (Lipinski definition) is 2. The van der Waals surface area contributed by atoms with Crippen LogP contribution in [-0.4, -0.2) is 73.3 Å². The normalized spacial score (nSPS) is 17.8. The minimum Gasteiger partial charge on any atom is -0.358 e. The molecule has 1 saturated heterocycles. The molecule has 7 nitrogen and oxygen atoms in total. The van der Waals surface area contributed by atoms with Gasteiger partial charge in [0.1, 0.15) is 6.04 Å². The highest BCUT2D eigenvalue weighted by Gasteiger charge is 2.33. The van der Waals surface area contributed by atoms with E-state index in [9.17, 15) is 14.4 Å². The van der Waals surface area contributed by atoms with Crippen LogP contribution in [0.3, 0.4) is 0 Å². The zero-order valence-electron chi connectivity index (χ0n) is 14.8. The summed E-state index contributed by atoms with van der Waals surface area (Å²) in [4.78, 5) is 39.2. The van der Waals surface area contributed by atoms with E-state index >= 15 is 0 Å². The van der Waals surface area contributed by atoms with E-state index in [0.717, 1.165) is 13.0 Å². The summed E-state index contributed by atoms with van der Waals surface area (Å²) in [5.74, 6) is -0.491. The lowest BCUT2D eigenvalue weighted by molar-refractivity contribution is -0.138. The number of carbonyl (C=O) groups is 3. The highest BCUT2D eigenvalue weighted by Crippen LogP contribution is 2.12. The first-order valence-corrected chi connectivity index (χ1v) is 8.53. The molecule has 2 rings (SSSR count). The molecule has 0 bridgehead atoms. The van der Waals surface area contributed by atoms with Gasteiger partial charge in [0.2, 0.25) is 17.7 Å². The SMILES string of the molecule is CNC(=O)[C@H]1CN(C(=O)CNC(C)=O)CCN1CCc1ccccc1. The molecule has 0 spiro atoms. The first-order valence-electron chi connectivity index (χ1n) is 8.53. The lowest BCUT2D eigenvalue weighted by Crippen LogP contribution is -2.60. The van der Waals surface area contributed by atoms with Crippen LogP contribution in [0.5, 0.6) is 0 Å². The smallest absolute Gasteiger partial charge is 0.242 e. The molecule has 1 fully saturated rings. The van der Waals surface area contributed by atoms with Gasteiger partial charge in [-0.3, -0.25) is 19.3 Å². The average molecular weight is 346 g/mol. The van der Waals surface area contributed by atoms with Crippen LogP contribution in [0.2, 0.25) is 0 Å². The molecular formula is C18H26N4O3. The van der Waals surface area contributed by atoms with Crippen LogP contribution < -0.4 is 10.6 Å². The number of nitrogens with zero attached hydrogens (tertiary/aromatic N) is 2. The summed E-state index contributed by atoms with van der Waals surface area (Å²) in [6.07, 6.45) is 0.855. The third-order valence-corrected chi connectivity index (χ3v) is 4.41. The largest absolute Gasteiger partial charge is 0.358 e. The summed E-state index contributed by atoms with van der Waals surface area (Å²) in [6, 6.07) is 9.76. The van der Waals surface area contributed by atoms with E-state index in [-0.39, 0.29) is 30.3 Å². The van der Waals surface area contributed by atoms with Crippen molar-refractivity contribution < 1.29 is 14.4 Å². The number of nitrogens with one attached hydrogen (secondary N) is 2. The fraction of sp³-hybridized carbons (Fsp3) is 0.500. The van der Waals surface area contributed by atoms with Crippen molar-refractivity contribution in [1.29, 1.82) is 0 Å². The molecular weight excluding hydrogens is 320 g/mol. The average Bonchev–Trinajstić information content (AvgIpc) is 2.64. The zero-order chi connectivity index (χ0) is 18.2. The second-order valence-electron chi connectivity index (χ2n) is 6.15. The van der Waals surface area contributed by atoms with Gasteiger partial charge in [-0.15, -0.1) is 0 Å². The number of hydrogen-bond acceptors (Lipinski definition) is 4. The Balaban J connectivity index is 1.96. The zero-order valence-corrected chi connectivity index (χ0v) is 14.8. The van der Waals surface area contributed by atoms with Crippen molar-refractivity contribution in [2.75, 3.05) is 39.8 Å². The van der Waals surface area contributed by atoms with Crippen molar-refractivity contribution in [3.05, 3.63) is 35.9 Å². The molecule has 1 aliphatic heterocycles. The minimum absolute atomic E-state index is 0.0280. The Bertz CT molecular complexity index is 606. The van der Waals surface area contributed by atoms with Gasteiger partial charge >= 0.3 is 0 Å². The fourth-order valence-corrected chi connectivity index (χ4v) is 2.96. The highest BCUT2D eigenvalue weighted by molar-refractivity contribution is 5.86. The van der Waals surface area contributed by atoms with Crippen molar-refractivity contribution in [3.63, 3.8) is 0 Å². The monoisotopic (exact) mass is 346 g/mol. The third kappa shape index (κ3) is 5.56. The Morgan fingerprint density at radius 3 is 2.52 bits per heavy atom. The molecule has 1 aromatic rings. The maximum atomic E-state index is 12.3. The van der Waals surface area contributed by atoms with Gasteiger partial charge in [-0.25, -0.2) is 0 Å². The molecule has 3 amide bonds. The number of carbonyl (C=O) groups excluding carboxylic acids is 3.